The summed E-state index contributed by atoms with van der Waals surface area (Å²) in [7, 11) is 0. The van der Waals surface area contributed by atoms with Crippen molar-refractivity contribution in [1.82, 2.24) is 0 Å². The van der Waals surface area contributed by atoms with E-state index in [0.717, 1.165) is 39.1 Å². The Kier molecular flexibility index (Phi) is 5.11. The zero-order valence-corrected chi connectivity index (χ0v) is 16.9. The van der Waals surface area contributed by atoms with E-state index >= 15 is 0 Å². The molecule has 1 saturated heterocycles. The van der Waals surface area contributed by atoms with Gasteiger partial charge in [0, 0.05) is 0 Å². The number of carboxylic acids is 2. The van der Waals surface area contributed by atoms with Crippen LogP contribution in [0.2, 0.25) is 0 Å². The number of anilines is 1. The average Bonchev–Trinajstić information content (AvgIpc) is 3.00. The normalized spacial score (nSPS) is 15.2. The monoisotopic (exact) mass is 435 g/mol. The third kappa shape index (κ3) is 3.58. The van der Waals surface area contributed by atoms with Gasteiger partial charge in [0.15, 0.2) is 4.32 Å². The highest BCUT2D eigenvalue weighted by atomic mass is 32.2. The average molecular weight is 435 g/mol. The number of carbonyl (C=O) groups is 3. The maximum Gasteiger partial charge on any atom is 0.335 e. The Labute approximate surface area is 180 Å². The summed E-state index contributed by atoms with van der Waals surface area (Å²) in [4.78, 5) is 37.4. The summed E-state index contributed by atoms with van der Waals surface area (Å²) < 4.78 is 0.199. The zero-order valence-electron chi connectivity index (χ0n) is 15.2. The van der Waals surface area contributed by atoms with E-state index in [4.69, 9.17) is 12.2 Å². The molecular formula is C22H13NO5S2. The van der Waals surface area contributed by atoms with Crippen LogP contribution >= 0.6 is 24.0 Å². The summed E-state index contributed by atoms with van der Waals surface area (Å²) >= 11 is 6.42. The van der Waals surface area contributed by atoms with E-state index in [2.05, 4.69) is 0 Å². The number of nitrogens with zero attached hydrogens (tertiary/aromatic N) is 1. The molecule has 1 aliphatic rings. The van der Waals surface area contributed by atoms with Crippen LogP contribution < -0.4 is 4.90 Å². The van der Waals surface area contributed by atoms with Crippen LogP contribution in [0.4, 0.5) is 5.69 Å². The van der Waals surface area contributed by atoms with Crippen molar-refractivity contribution in [2.24, 2.45) is 0 Å². The Morgan fingerprint density at radius 1 is 0.933 bits per heavy atom. The van der Waals surface area contributed by atoms with Crippen LogP contribution in [0.3, 0.4) is 0 Å². The smallest absolute Gasteiger partial charge is 0.335 e. The second-order valence-electron chi connectivity index (χ2n) is 6.46. The predicted octanol–water partition coefficient (Wildman–Crippen LogP) is 4.64. The Morgan fingerprint density at radius 3 is 2.23 bits per heavy atom. The molecule has 8 heteroatoms. The van der Waals surface area contributed by atoms with Gasteiger partial charge in [0.1, 0.15) is 0 Å². The molecule has 0 bridgehead atoms. The lowest BCUT2D eigenvalue weighted by molar-refractivity contribution is -0.113. The number of hydrogen-bond acceptors (Lipinski definition) is 5. The number of thioether (sulfide) groups is 1. The van der Waals surface area contributed by atoms with Crippen LogP contribution in [0, 0.1) is 0 Å². The van der Waals surface area contributed by atoms with Crippen LogP contribution in [-0.2, 0) is 4.79 Å². The number of benzene rings is 3. The van der Waals surface area contributed by atoms with Gasteiger partial charge >= 0.3 is 11.9 Å². The molecule has 0 saturated carbocycles. The molecule has 1 fully saturated rings. The quantitative estimate of drug-likeness (QED) is 0.455. The van der Waals surface area contributed by atoms with Crippen LogP contribution in [0.15, 0.2) is 65.6 Å². The molecule has 1 amide bonds. The van der Waals surface area contributed by atoms with E-state index in [9.17, 15) is 24.6 Å². The molecular weight excluding hydrogens is 422 g/mol. The van der Waals surface area contributed by atoms with E-state index in [1.807, 2.05) is 42.5 Å². The second kappa shape index (κ2) is 7.74. The molecule has 3 aromatic carbocycles. The highest BCUT2D eigenvalue weighted by molar-refractivity contribution is 8.27. The zero-order chi connectivity index (χ0) is 21.4. The summed E-state index contributed by atoms with van der Waals surface area (Å²) in [6.45, 7) is 0. The lowest BCUT2D eigenvalue weighted by Crippen LogP contribution is -2.28. The fraction of sp³-hybridized carbons (Fsp3) is 0. The van der Waals surface area contributed by atoms with Crippen molar-refractivity contribution < 1.29 is 24.6 Å². The maximum atomic E-state index is 13.1. The van der Waals surface area contributed by atoms with Gasteiger partial charge in [0.05, 0.1) is 21.7 Å². The SMILES string of the molecule is O=C(O)c1cc(C(=O)O)cc(N2C(=O)/C(=C/c3cccc4ccccc34)SC2=S)c1. The molecule has 30 heavy (non-hydrogen) atoms. The molecule has 0 aromatic heterocycles. The maximum absolute atomic E-state index is 13.1. The lowest BCUT2D eigenvalue weighted by Gasteiger charge is -2.16. The predicted molar refractivity (Wildman–Crippen MR) is 120 cm³/mol. The standard InChI is InChI=1S/C22H13NO5S2/c24-19-18(11-13-6-3-5-12-4-1-2-7-17(12)13)30-22(29)23(19)16-9-14(20(25)26)8-15(10-16)21(27)28/h1-11H,(H,25,26)(H,27,28)/b18-11-. The van der Waals surface area contributed by atoms with E-state index in [1.54, 1.807) is 6.08 Å². The summed E-state index contributed by atoms with van der Waals surface area (Å²) in [5.41, 5.74) is 0.476. The van der Waals surface area contributed by atoms with Crippen LogP contribution in [0.5, 0.6) is 0 Å². The van der Waals surface area contributed by atoms with E-state index < -0.39 is 17.8 Å². The first kappa shape index (κ1) is 19.8. The van der Waals surface area contributed by atoms with E-state index in [1.165, 1.54) is 12.1 Å². The minimum absolute atomic E-state index is 0.108. The molecule has 0 spiro atoms. The van der Waals surface area contributed by atoms with Gasteiger partial charge in [0.2, 0.25) is 0 Å². The van der Waals surface area contributed by atoms with Gasteiger partial charge in [-0.05, 0) is 40.6 Å². The van der Waals surface area contributed by atoms with Crippen molar-refractivity contribution in [2.75, 3.05) is 4.90 Å². The Bertz CT molecular complexity index is 1240. The van der Waals surface area contributed by atoms with Gasteiger partial charge in [-0.15, -0.1) is 0 Å². The number of carboxylic acid groups (broad SMARTS) is 2. The first-order valence-electron chi connectivity index (χ1n) is 8.72. The fourth-order valence-corrected chi connectivity index (χ4v) is 4.48. The van der Waals surface area contributed by atoms with Crippen molar-refractivity contribution in [1.29, 1.82) is 0 Å². The van der Waals surface area contributed by atoms with Gasteiger partial charge in [-0.25, -0.2) is 9.59 Å². The van der Waals surface area contributed by atoms with Crippen LogP contribution in [0.25, 0.3) is 16.8 Å². The van der Waals surface area contributed by atoms with Gasteiger partial charge in [0.25, 0.3) is 5.91 Å². The first-order valence-corrected chi connectivity index (χ1v) is 9.95. The molecule has 1 aliphatic heterocycles. The molecule has 0 unspecified atom stereocenters. The highest BCUT2D eigenvalue weighted by Crippen LogP contribution is 2.37. The molecule has 6 nitrogen and oxygen atoms in total. The summed E-state index contributed by atoms with van der Waals surface area (Å²) in [6, 6.07) is 17.0. The van der Waals surface area contributed by atoms with E-state index in [0.29, 0.717) is 4.91 Å². The van der Waals surface area contributed by atoms with Gasteiger partial charge < -0.3 is 10.2 Å². The summed E-state index contributed by atoms with van der Waals surface area (Å²) in [6.07, 6.45) is 1.74. The minimum Gasteiger partial charge on any atom is -0.478 e. The highest BCUT2D eigenvalue weighted by Gasteiger charge is 2.34. The fourth-order valence-electron chi connectivity index (χ4n) is 3.20. The Balaban J connectivity index is 1.77. The third-order valence-corrected chi connectivity index (χ3v) is 5.88. The first-order chi connectivity index (χ1) is 14.3. The van der Waals surface area contributed by atoms with Gasteiger partial charge in [-0.2, -0.15) is 0 Å². The topological polar surface area (TPSA) is 94.9 Å². The third-order valence-electron chi connectivity index (χ3n) is 4.57. The molecule has 0 radical (unpaired) electrons. The minimum atomic E-state index is -1.30. The molecule has 0 aliphatic carbocycles. The molecule has 0 atom stereocenters. The molecule has 148 valence electrons. The Morgan fingerprint density at radius 2 is 1.57 bits per heavy atom. The van der Waals surface area contributed by atoms with E-state index in [-0.39, 0.29) is 21.1 Å². The number of hydrogen-bond donors (Lipinski definition) is 2. The summed E-state index contributed by atoms with van der Waals surface area (Å²) in [5.74, 6) is -3.02. The molecule has 4 rings (SSSR count). The molecule has 2 N–H and O–H groups in total. The van der Waals surface area contributed by atoms with Crippen molar-refractivity contribution in [3.63, 3.8) is 0 Å². The van der Waals surface area contributed by atoms with Crippen molar-refractivity contribution >= 4 is 68.7 Å². The number of carbonyl (C=O) groups excluding carboxylic acids is 1. The number of rotatable bonds is 4. The number of aromatic carboxylic acids is 2. The van der Waals surface area contributed by atoms with Gasteiger partial charge in [-0.1, -0.05) is 66.4 Å². The van der Waals surface area contributed by atoms with Crippen molar-refractivity contribution in [2.45, 2.75) is 0 Å². The number of amides is 1. The van der Waals surface area contributed by atoms with Crippen molar-refractivity contribution in [3.05, 3.63) is 82.3 Å². The summed E-state index contributed by atoms with van der Waals surface area (Å²) in [5, 5.41) is 20.6. The molecule has 1 heterocycles. The lowest BCUT2D eigenvalue weighted by atomic mass is 10.0. The number of fused-ring (bicyclic) bond motifs is 1. The number of thiocarbonyl (C=S) groups is 1. The van der Waals surface area contributed by atoms with Gasteiger partial charge in [-0.3, -0.25) is 9.69 Å². The van der Waals surface area contributed by atoms with Crippen LogP contribution in [-0.4, -0.2) is 32.4 Å². The van der Waals surface area contributed by atoms with Crippen LogP contribution in [0.1, 0.15) is 26.3 Å². The largest absolute Gasteiger partial charge is 0.478 e. The Hall–Kier alpha value is -3.49. The molecule has 3 aromatic rings. The van der Waals surface area contributed by atoms with Crippen molar-refractivity contribution in [3.8, 4) is 0 Å². The second-order valence-corrected chi connectivity index (χ2v) is 8.14.